The van der Waals surface area contributed by atoms with Gasteiger partial charge < -0.3 is 10.6 Å². The molecule has 0 radical (unpaired) electrons. The van der Waals surface area contributed by atoms with E-state index in [9.17, 15) is 0 Å². The summed E-state index contributed by atoms with van der Waals surface area (Å²) in [6, 6.07) is 6.24. The minimum Gasteiger partial charge on any atom is -0.375 e. The maximum atomic E-state index is 4.28. The molecular weight excluding hydrogens is 242 g/mol. The summed E-state index contributed by atoms with van der Waals surface area (Å²) >= 11 is 1.66. The van der Waals surface area contributed by atoms with Crippen molar-refractivity contribution in [1.82, 2.24) is 10.3 Å². The van der Waals surface area contributed by atoms with Gasteiger partial charge in [0.25, 0.3) is 0 Å². The Bertz CT molecular complexity index is 543. The zero-order valence-electron chi connectivity index (χ0n) is 11.0. The fraction of sp³-hybridized carbons (Fsp3) is 0.357. The molecule has 18 heavy (non-hydrogen) atoms. The highest BCUT2D eigenvalue weighted by Crippen LogP contribution is 2.22. The van der Waals surface area contributed by atoms with Gasteiger partial charge in [0.05, 0.1) is 21.5 Å². The van der Waals surface area contributed by atoms with Crippen LogP contribution < -0.4 is 10.6 Å². The molecule has 2 rings (SSSR count). The number of nitrogens with one attached hydrogen (secondary N) is 2. The van der Waals surface area contributed by atoms with Crippen LogP contribution in [0.5, 0.6) is 0 Å². The molecule has 96 valence electrons. The third-order valence-corrected chi connectivity index (χ3v) is 3.46. The lowest BCUT2D eigenvalue weighted by molar-refractivity contribution is 0.658. The largest absolute Gasteiger partial charge is 0.375 e. The van der Waals surface area contributed by atoms with E-state index in [0.29, 0.717) is 5.92 Å². The van der Waals surface area contributed by atoms with Crippen LogP contribution in [0.15, 0.2) is 35.6 Å². The molecule has 0 amide bonds. The summed E-state index contributed by atoms with van der Waals surface area (Å²) < 4.78 is 1.21. The van der Waals surface area contributed by atoms with Crippen molar-refractivity contribution in [3.63, 3.8) is 0 Å². The smallest absolute Gasteiger partial charge is 0.0987 e. The van der Waals surface area contributed by atoms with Crippen molar-refractivity contribution < 1.29 is 0 Å². The number of anilines is 1. The van der Waals surface area contributed by atoms with Gasteiger partial charge in [-0.2, -0.15) is 0 Å². The molecule has 3 nitrogen and oxygen atoms in total. The predicted molar refractivity (Wildman–Crippen MR) is 79.8 cm³/mol. The summed E-state index contributed by atoms with van der Waals surface area (Å²) in [6.07, 6.45) is 3.26. The van der Waals surface area contributed by atoms with Crippen molar-refractivity contribution >= 4 is 27.2 Å². The van der Waals surface area contributed by atoms with Gasteiger partial charge in [-0.25, -0.2) is 4.98 Å². The van der Waals surface area contributed by atoms with Gasteiger partial charge in [0.2, 0.25) is 0 Å². The topological polar surface area (TPSA) is 37.0 Å². The number of hydrogen-bond acceptors (Lipinski definition) is 4. The molecule has 1 aromatic carbocycles. The number of aromatic nitrogens is 1. The minimum atomic E-state index is 0.666. The van der Waals surface area contributed by atoms with Crippen LogP contribution >= 0.6 is 11.3 Å². The Morgan fingerprint density at radius 1 is 1.44 bits per heavy atom. The minimum absolute atomic E-state index is 0.666. The molecule has 0 unspecified atom stereocenters. The summed E-state index contributed by atoms with van der Waals surface area (Å²) in [5, 5.41) is 6.58. The third-order valence-electron chi connectivity index (χ3n) is 2.67. The molecule has 1 aromatic heterocycles. The summed E-state index contributed by atoms with van der Waals surface area (Å²) in [5.41, 5.74) is 4.03. The maximum absolute atomic E-state index is 4.28. The van der Waals surface area contributed by atoms with Crippen LogP contribution in [-0.2, 0) is 0 Å². The lowest BCUT2D eigenvalue weighted by Gasteiger charge is -2.11. The van der Waals surface area contributed by atoms with E-state index in [1.807, 2.05) is 18.6 Å². The Morgan fingerprint density at radius 2 is 2.28 bits per heavy atom. The molecule has 0 saturated heterocycles. The van der Waals surface area contributed by atoms with Crippen LogP contribution in [0, 0.1) is 5.92 Å². The molecule has 0 bridgehead atoms. The Morgan fingerprint density at radius 3 is 3.00 bits per heavy atom. The van der Waals surface area contributed by atoms with Crippen molar-refractivity contribution in [3.05, 3.63) is 35.6 Å². The molecule has 0 aliphatic rings. The Labute approximate surface area is 112 Å². The average molecular weight is 261 g/mol. The molecule has 1 heterocycles. The highest BCUT2D eigenvalue weighted by molar-refractivity contribution is 7.16. The molecule has 0 fully saturated rings. The predicted octanol–water partition coefficient (Wildman–Crippen LogP) is 3.82. The van der Waals surface area contributed by atoms with E-state index < -0.39 is 0 Å². The van der Waals surface area contributed by atoms with Crippen molar-refractivity contribution in [3.8, 4) is 0 Å². The molecule has 0 atom stereocenters. The molecule has 2 N–H and O–H groups in total. The van der Waals surface area contributed by atoms with Crippen LogP contribution in [-0.4, -0.2) is 12.0 Å². The normalized spacial score (nSPS) is 12.1. The highest BCUT2D eigenvalue weighted by atomic mass is 32.1. The third kappa shape index (κ3) is 3.23. The monoisotopic (exact) mass is 261 g/mol. The fourth-order valence-corrected chi connectivity index (χ4v) is 2.37. The van der Waals surface area contributed by atoms with Crippen LogP contribution in [0.1, 0.15) is 20.3 Å². The SMILES string of the molecule is CN/C(=C/CC(C)C)Nc1ccc2ncsc2c1. The highest BCUT2D eigenvalue weighted by Gasteiger charge is 2.00. The summed E-state index contributed by atoms with van der Waals surface area (Å²) in [5.74, 6) is 1.71. The first-order valence-electron chi connectivity index (χ1n) is 6.17. The summed E-state index contributed by atoms with van der Waals surface area (Å²) in [6.45, 7) is 4.43. The van der Waals surface area contributed by atoms with Gasteiger partial charge in [-0.3, -0.25) is 0 Å². The first-order chi connectivity index (χ1) is 8.69. The Balaban J connectivity index is 2.13. The van der Waals surface area contributed by atoms with Gasteiger partial charge in [-0.05, 0) is 36.6 Å². The second-order valence-corrected chi connectivity index (χ2v) is 5.54. The van der Waals surface area contributed by atoms with E-state index in [1.54, 1.807) is 11.3 Å². The number of thiazole rings is 1. The number of nitrogens with zero attached hydrogens (tertiary/aromatic N) is 1. The lowest BCUT2D eigenvalue weighted by atomic mass is 10.1. The van der Waals surface area contributed by atoms with E-state index in [2.05, 4.69) is 47.7 Å². The second-order valence-electron chi connectivity index (χ2n) is 4.66. The number of rotatable bonds is 5. The van der Waals surface area contributed by atoms with Gasteiger partial charge in [-0.1, -0.05) is 13.8 Å². The van der Waals surface area contributed by atoms with E-state index in [4.69, 9.17) is 0 Å². The standard InChI is InChI=1S/C14H19N3S/c1-10(2)4-7-14(15-3)17-11-5-6-12-13(8-11)18-9-16-12/h5-10,15,17H,4H2,1-3H3/b14-7-. The van der Waals surface area contributed by atoms with Gasteiger partial charge in [-0.15, -0.1) is 11.3 Å². The first kappa shape index (κ1) is 12.9. The van der Waals surface area contributed by atoms with Crippen LogP contribution in [0.4, 0.5) is 5.69 Å². The second kappa shape index (κ2) is 5.87. The summed E-state index contributed by atoms with van der Waals surface area (Å²) in [4.78, 5) is 4.28. The maximum Gasteiger partial charge on any atom is 0.0987 e. The molecule has 0 aliphatic carbocycles. The average Bonchev–Trinajstić information content (AvgIpc) is 2.81. The van der Waals surface area contributed by atoms with Gasteiger partial charge in [0.1, 0.15) is 0 Å². The van der Waals surface area contributed by atoms with Crippen LogP contribution in [0.25, 0.3) is 10.2 Å². The molecular formula is C14H19N3S. The van der Waals surface area contributed by atoms with Crippen LogP contribution in [0.2, 0.25) is 0 Å². The molecule has 2 aromatic rings. The Hall–Kier alpha value is -1.55. The number of hydrogen-bond donors (Lipinski definition) is 2. The number of benzene rings is 1. The lowest BCUT2D eigenvalue weighted by Crippen LogP contribution is -2.14. The summed E-state index contributed by atoms with van der Waals surface area (Å²) in [7, 11) is 1.93. The molecule has 4 heteroatoms. The zero-order valence-corrected chi connectivity index (χ0v) is 11.8. The fourth-order valence-electron chi connectivity index (χ4n) is 1.66. The van der Waals surface area contributed by atoms with Crippen molar-refractivity contribution in [2.75, 3.05) is 12.4 Å². The Kier molecular flexibility index (Phi) is 4.20. The molecule has 0 spiro atoms. The quantitative estimate of drug-likeness (QED) is 0.859. The number of allylic oxidation sites excluding steroid dienone is 1. The van der Waals surface area contributed by atoms with Gasteiger partial charge in [0, 0.05) is 12.7 Å². The van der Waals surface area contributed by atoms with Crippen molar-refractivity contribution in [1.29, 1.82) is 0 Å². The van der Waals surface area contributed by atoms with Crippen LogP contribution in [0.3, 0.4) is 0 Å². The van der Waals surface area contributed by atoms with Gasteiger partial charge in [0.15, 0.2) is 0 Å². The first-order valence-corrected chi connectivity index (χ1v) is 7.05. The molecule has 0 aliphatic heterocycles. The van der Waals surface area contributed by atoms with E-state index >= 15 is 0 Å². The molecule has 0 saturated carbocycles. The van der Waals surface area contributed by atoms with Crippen molar-refractivity contribution in [2.24, 2.45) is 5.92 Å². The van der Waals surface area contributed by atoms with E-state index in [1.165, 1.54) is 4.70 Å². The van der Waals surface area contributed by atoms with E-state index in [-0.39, 0.29) is 0 Å². The zero-order chi connectivity index (χ0) is 13.0. The van der Waals surface area contributed by atoms with Gasteiger partial charge >= 0.3 is 0 Å². The van der Waals surface area contributed by atoms with E-state index in [0.717, 1.165) is 23.4 Å². The van der Waals surface area contributed by atoms with Crippen molar-refractivity contribution in [2.45, 2.75) is 20.3 Å². The number of fused-ring (bicyclic) bond motifs is 1.